The highest BCUT2D eigenvalue weighted by Crippen LogP contribution is 2.40. The zero-order chi connectivity index (χ0) is 23.9. The number of carbonyl (C=O) groups excluding carboxylic acids is 1. The van der Waals surface area contributed by atoms with E-state index in [0.717, 1.165) is 12.2 Å². The van der Waals surface area contributed by atoms with Crippen LogP contribution < -0.4 is 24.3 Å². The highest BCUT2D eigenvalue weighted by molar-refractivity contribution is 5.97. The number of anilines is 1. The minimum atomic E-state index is -0.602. The van der Waals surface area contributed by atoms with Gasteiger partial charge in [-0.15, -0.1) is 0 Å². The maximum atomic E-state index is 13.0. The van der Waals surface area contributed by atoms with Crippen LogP contribution in [0.3, 0.4) is 0 Å². The second-order valence-corrected chi connectivity index (χ2v) is 9.47. The fourth-order valence-corrected chi connectivity index (χ4v) is 3.28. The predicted molar refractivity (Wildman–Crippen MR) is 128 cm³/mol. The van der Waals surface area contributed by atoms with E-state index in [1.54, 1.807) is 33.5 Å². The van der Waals surface area contributed by atoms with E-state index in [1.165, 1.54) is 5.56 Å². The summed E-state index contributed by atoms with van der Waals surface area (Å²) in [6.07, 6.45) is 1.41. The summed E-state index contributed by atoms with van der Waals surface area (Å²) in [7, 11) is 4.65. The van der Waals surface area contributed by atoms with Crippen LogP contribution in [0.15, 0.2) is 36.4 Å². The normalized spacial score (nSPS) is 11.6. The molecular weight excluding hydrogens is 406 g/mol. The van der Waals surface area contributed by atoms with Crippen molar-refractivity contribution in [2.24, 2.45) is 5.41 Å². The van der Waals surface area contributed by atoms with Crippen LogP contribution in [0.25, 0.3) is 0 Å². The van der Waals surface area contributed by atoms with E-state index in [2.05, 4.69) is 38.2 Å². The van der Waals surface area contributed by atoms with Crippen molar-refractivity contribution < 1.29 is 23.7 Å². The average molecular weight is 444 g/mol. The Labute approximate surface area is 192 Å². The number of benzene rings is 2. The van der Waals surface area contributed by atoms with E-state index in [0.29, 0.717) is 36.0 Å². The molecule has 0 aliphatic rings. The molecule has 0 bridgehead atoms. The van der Waals surface area contributed by atoms with Crippen LogP contribution >= 0.6 is 0 Å². The Morgan fingerprint density at radius 1 is 0.844 bits per heavy atom. The fraction of sp³-hybridized carbons (Fsp3) is 0.500. The monoisotopic (exact) mass is 443 g/mol. The molecule has 176 valence electrons. The van der Waals surface area contributed by atoms with Crippen molar-refractivity contribution >= 4 is 11.6 Å². The molecule has 0 aromatic heterocycles. The molecule has 2 rings (SSSR count). The lowest BCUT2D eigenvalue weighted by Gasteiger charge is -2.25. The van der Waals surface area contributed by atoms with Gasteiger partial charge in [-0.2, -0.15) is 0 Å². The van der Waals surface area contributed by atoms with Gasteiger partial charge >= 0.3 is 0 Å². The second kappa shape index (κ2) is 10.6. The summed E-state index contributed by atoms with van der Waals surface area (Å²) >= 11 is 0. The maximum Gasteiger partial charge on any atom is 0.230 e. The second-order valence-electron chi connectivity index (χ2n) is 9.47. The Morgan fingerprint density at radius 2 is 1.41 bits per heavy atom. The number of nitrogens with one attached hydrogen (secondary N) is 1. The summed E-state index contributed by atoms with van der Waals surface area (Å²) in [6, 6.07) is 11.6. The smallest absolute Gasteiger partial charge is 0.230 e. The molecule has 0 spiro atoms. The Morgan fingerprint density at radius 3 is 1.88 bits per heavy atom. The number of ether oxygens (including phenoxy) is 4. The molecular formula is C26H37NO5. The Bertz CT molecular complexity index is 872. The van der Waals surface area contributed by atoms with Gasteiger partial charge in [-0.05, 0) is 36.0 Å². The van der Waals surface area contributed by atoms with Gasteiger partial charge in [-0.25, -0.2) is 0 Å². The van der Waals surface area contributed by atoms with Crippen LogP contribution in [0.4, 0.5) is 5.69 Å². The summed E-state index contributed by atoms with van der Waals surface area (Å²) in [5, 5.41) is 2.97. The van der Waals surface area contributed by atoms with Crippen molar-refractivity contribution in [1.82, 2.24) is 0 Å². The van der Waals surface area contributed by atoms with Gasteiger partial charge in [0.25, 0.3) is 0 Å². The van der Waals surface area contributed by atoms with Crippen LogP contribution in [0.2, 0.25) is 0 Å². The summed E-state index contributed by atoms with van der Waals surface area (Å²) in [6.45, 7) is 10.9. The van der Waals surface area contributed by atoms with E-state index in [4.69, 9.17) is 18.9 Å². The summed E-state index contributed by atoms with van der Waals surface area (Å²) in [5.41, 5.74) is 1.27. The van der Waals surface area contributed by atoms with Gasteiger partial charge in [0.2, 0.25) is 5.91 Å². The molecule has 0 aliphatic heterocycles. The standard InChI is InChI=1S/C26H37NO5/c1-25(2,3)18-10-12-19(13-11-18)32-15-9-14-26(4,5)24(28)27-23-21(30-7)16-20(29-6)17-22(23)31-8/h10-13,16-17H,9,14-15H2,1-8H3,(H,27,28). The Balaban J connectivity index is 1.95. The van der Waals surface area contributed by atoms with Crippen molar-refractivity contribution in [2.45, 2.75) is 52.9 Å². The lowest BCUT2D eigenvalue weighted by molar-refractivity contribution is -0.124. The molecule has 0 heterocycles. The van der Waals surface area contributed by atoms with Gasteiger partial charge in [0.05, 0.1) is 27.9 Å². The predicted octanol–water partition coefficient (Wildman–Crippen LogP) is 5.83. The highest BCUT2D eigenvalue weighted by atomic mass is 16.5. The lowest BCUT2D eigenvalue weighted by Crippen LogP contribution is -2.31. The van der Waals surface area contributed by atoms with Crippen LogP contribution in [0.1, 0.15) is 53.0 Å². The van der Waals surface area contributed by atoms with Crippen LogP contribution in [-0.4, -0.2) is 33.8 Å². The van der Waals surface area contributed by atoms with Crippen molar-refractivity contribution in [3.05, 3.63) is 42.0 Å². The van der Waals surface area contributed by atoms with Crippen LogP contribution in [0.5, 0.6) is 23.0 Å². The van der Waals surface area contributed by atoms with E-state index < -0.39 is 5.41 Å². The fourth-order valence-electron chi connectivity index (χ4n) is 3.28. The third-order valence-electron chi connectivity index (χ3n) is 5.50. The number of carbonyl (C=O) groups is 1. The molecule has 0 aliphatic carbocycles. The first-order valence-electron chi connectivity index (χ1n) is 10.9. The van der Waals surface area contributed by atoms with E-state index in [1.807, 2.05) is 26.0 Å². The zero-order valence-corrected chi connectivity index (χ0v) is 20.6. The van der Waals surface area contributed by atoms with Crippen molar-refractivity contribution in [3.8, 4) is 23.0 Å². The molecule has 0 fully saturated rings. The first kappa shape index (κ1) is 25.4. The minimum Gasteiger partial charge on any atom is -0.496 e. The summed E-state index contributed by atoms with van der Waals surface area (Å²) in [4.78, 5) is 13.0. The molecule has 1 amide bonds. The van der Waals surface area contributed by atoms with Gasteiger partial charge in [0.15, 0.2) is 0 Å². The van der Waals surface area contributed by atoms with Crippen LogP contribution in [0, 0.1) is 5.41 Å². The Hall–Kier alpha value is -2.89. The molecule has 0 radical (unpaired) electrons. The lowest BCUT2D eigenvalue weighted by atomic mass is 9.86. The minimum absolute atomic E-state index is 0.116. The largest absolute Gasteiger partial charge is 0.496 e. The molecule has 6 nitrogen and oxygen atoms in total. The highest BCUT2D eigenvalue weighted by Gasteiger charge is 2.29. The molecule has 2 aromatic carbocycles. The number of hydrogen-bond donors (Lipinski definition) is 1. The average Bonchev–Trinajstić information content (AvgIpc) is 2.76. The molecule has 2 aromatic rings. The number of hydrogen-bond acceptors (Lipinski definition) is 5. The van der Waals surface area contributed by atoms with Crippen molar-refractivity contribution in [2.75, 3.05) is 33.3 Å². The number of amides is 1. The SMILES string of the molecule is COc1cc(OC)c(NC(=O)C(C)(C)CCCOc2ccc(C(C)(C)C)cc2)c(OC)c1. The molecule has 32 heavy (non-hydrogen) atoms. The van der Waals surface area contributed by atoms with Gasteiger partial charge in [0, 0.05) is 17.5 Å². The quantitative estimate of drug-likeness (QED) is 0.468. The number of rotatable bonds is 10. The maximum absolute atomic E-state index is 13.0. The third kappa shape index (κ3) is 6.55. The molecule has 6 heteroatoms. The molecule has 0 saturated carbocycles. The topological polar surface area (TPSA) is 66.0 Å². The Kier molecular flexibility index (Phi) is 8.42. The van der Waals surface area contributed by atoms with E-state index in [-0.39, 0.29) is 11.3 Å². The third-order valence-corrected chi connectivity index (χ3v) is 5.50. The van der Waals surface area contributed by atoms with Crippen LogP contribution in [-0.2, 0) is 10.2 Å². The summed E-state index contributed by atoms with van der Waals surface area (Å²) < 4.78 is 22.0. The van der Waals surface area contributed by atoms with Crippen molar-refractivity contribution in [3.63, 3.8) is 0 Å². The zero-order valence-electron chi connectivity index (χ0n) is 20.6. The molecule has 1 N–H and O–H groups in total. The molecule has 0 atom stereocenters. The van der Waals surface area contributed by atoms with Crippen molar-refractivity contribution in [1.29, 1.82) is 0 Å². The van der Waals surface area contributed by atoms with Gasteiger partial charge in [-0.1, -0.05) is 46.8 Å². The summed E-state index contributed by atoms with van der Waals surface area (Å²) in [5.74, 6) is 2.27. The molecule has 0 saturated heterocycles. The first-order chi connectivity index (χ1) is 15.0. The molecule has 0 unspecified atom stereocenters. The number of methoxy groups -OCH3 is 3. The van der Waals surface area contributed by atoms with Gasteiger partial charge in [-0.3, -0.25) is 4.79 Å². The van der Waals surface area contributed by atoms with E-state index in [9.17, 15) is 4.79 Å². The van der Waals surface area contributed by atoms with Gasteiger partial charge < -0.3 is 24.3 Å². The van der Waals surface area contributed by atoms with Gasteiger partial charge in [0.1, 0.15) is 28.7 Å². The van der Waals surface area contributed by atoms with E-state index >= 15 is 0 Å². The first-order valence-corrected chi connectivity index (χ1v) is 10.9.